The van der Waals surface area contributed by atoms with Gasteiger partial charge in [0, 0.05) is 41.8 Å². The number of thiazole rings is 1. The average Bonchev–Trinajstić information content (AvgIpc) is 3.30. The van der Waals surface area contributed by atoms with Gasteiger partial charge in [-0.3, -0.25) is 14.6 Å². The van der Waals surface area contributed by atoms with Crippen molar-refractivity contribution in [2.45, 2.75) is 37.8 Å². The minimum absolute atomic E-state index is 0.00160. The summed E-state index contributed by atoms with van der Waals surface area (Å²) in [4.78, 5) is 36.7. The number of pyridine rings is 1. The van der Waals surface area contributed by atoms with Gasteiger partial charge in [0.25, 0.3) is 0 Å². The van der Waals surface area contributed by atoms with Gasteiger partial charge in [-0.1, -0.05) is 18.2 Å². The second-order valence-corrected chi connectivity index (χ2v) is 9.19. The molecule has 0 fully saturated rings. The van der Waals surface area contributed by atoms with Crippen LogP contribution in [0.15, 0.2) is 52.3 Å². The number of hydrogen-bond donors (Lipinski definition) is 1. The zero-order valence-corrected chi connectivity index (χ0v) is 19.0. The molecule has 1 N–H and O–H groups in total. The quantitative estimate of drug-likeness (QED) is 0.556. The number of rotatable bonds is 7. The van der Waals surface area contributed by atoms with Crippen molar-refractivity contribution in [3.8, 4) is 0 Å². The van der Waals surface area contributed by atoms with Crippen LogP contribution in [0.4, 0.5) is 0 Å². The van der Waals surface area contributed by atoms with Crippen molar-refractivity contribution in [2.75, 3.05) is 12.3 Å². The van der Waals surface area contributed by atoms with Crippen molar-refractivity contribution in [3.63, 3.8) is 0 Å². The Bertz CT molecular complexity index is 1050. The van der Waals surface area contributed by atoms with Gasteiger partial charge in [-0.2, -0.15) is 0 Å². The molecule has 4 rings (SSSR count). The first kappa shape index (κ1) is 21.5. The number of aromatic nitrogens is 2. The van der Waals surface area contributed by atoms with Crippen LogP contribution in [0.25, 0.3) is 0 Å². The number of amides is 2. The number of benzene rings is 1. The van der Waals surface area contributed by atoms with E-state index < -0.39 is 0 Å². The highest BCUT2D eigenvalue weighted by atomic mass is 32.2. The van der Waals surface area contributed by atoms with Gasteiger partial charge in [0.1, 0.15) is 0 Å². The SMILES string of the molecule is Cc1ncc2c(c1CNC(=O)CSc1ccccc1)CCN(C(=O)Cc1cscn1)C2. The molecule has 3 heterocycles. The van der Waals surface area contributed by atoms with Gasteiger partial charge in [-0.05, 0) is 42.2 Å². The normalized spacial score (nSPS) is 13.0. The van der Waals surface area contributed by atoms with E-state index >= 15 is 0 Å². The summed E-state index contributed by atoms with van der Waals surface area (Å²) in [6, 6.07) is 9.90. The zero-order valence-electron chi connectivity index (χ0n) is 17.3. The number of thioether (sulfide) groups is 1. The minimum Gasteiger partial charge on any atom is -0.351 e. The Hall–Kier alpha value is -2.71. The van der Waals surface area contributed by atoms with Gasteiger partial charge in [0.05, 0.1) is 23.4 Å². The molecular weight excluding hydrogens is 428 g/mol. The maximum absolute atomic E-state index is 12.6. The zero-order chi connectivity index (χ0) is 21.6. The highest BCUT2D eigenvalue weighted by molar-refractivity contribution is 8.00. The van der Waals surface area contributed by atoms with E-state index in [2.05, 4.69) is 15.3 Å². The fraction of sp³-hybridized carbons (Fsp3) is 0.304. The van der Waals surface area contributed by atoms with Crippen LogP contribution in [0, 0.1) is 6.92 Å². The van der Waals surface area contributed by atoms with Crippen LogP contribution in [0.2, 0.25) is 0 Å². The van der Waals surface area contributed by atoms with E-state index in [1.54, 1.807) is 5.51 Å². The Labute approximate surface area is 190 Å². The Morgan fingerprint density at radius 2 is 2.06 bits per heavy atom. The third-order valence-electron chi connectivity index (χ3n) is 5.34. The van der Waals surface area contributed by atoms with Gasteiger partial charge < -0.3 is 10.2 Å². The number of carbonyl (C=O) groups is 2. The molecule has 0 saturated carbocycles. The van der Waals surface area contributed by atoms with E-state index in [-0.39, 0.29) is 11.8 Å². The third-order valence-corrected chi connectivity index (χ3v) is 6.99. The van der Waals surface area contributed by atoms with Crippen LogP contribution in [-0.4, -0.2) is 39.0 Å². The molecule has 2 amide bonds. The summed E-state index contributed by atoms with van der Waals surface area (Å²) in [5.74, 6) is 0.469. The van der Waals surface area contributed by atoms with Gasteiger partial charge in [0.2, 0.25) is 11.8 Å². The molecule has 8 heteroatoms. The Balaban J connectivity index is 1.36. The molecule has 1 aromatic carbocycles. The van der Waals surface area contributed by atoms with Gasteiger partial charge >= 0.3 is 0 Å². The summed E-state index contributed by atoms with van der Waals surface area (Å²) < 4.78 is 0. The fourth-order valence-corrected chi connectivity index (χ4v) is 4.97. The van der Waals surface area contributed by atoms with Crippen molar-refractivity contribution in [1.82, 2.24) is 20.2 Å². The van der Waals surface area contributed by atoms with Crippen molar-refractivity contribution >= 4 is 34.9 Å². The van der Waals surface area contributed by atoms with Crippen molar-refractivity contribution in [3.05, 3.63) is 75.5 Å². The molecule has 2 aromatic heterocycles. The molecule has 0 saturated heterocycles. The first-order chi connectivity index (χ1) is 15.1. The summed E-state index contributed by atoms with van der Waals surface area (Å²) in [5, 5.41) is 4.95. The maximum Gasteiger partial charge on any atom is 0.230 e. The molecule has 160 valence electrons. The summed E-state index contributed by atoms with van der Waals surface area (Å²) in [7, 11) is 0. The number of aryl methyl sites for hydroxylation is 1. The third kappa shape index (κ3) is 5.51. The molecule has 0 bridgehead atoms. The largest absolute Gasteiger partial charge is 0.351 e. The van der Waals surface area contributed by atoms with Crippen molar-refractivity contribution < 1.29 is 9.59 Å². The van der Waals surface area contributed by atoms with E-state index in [0.717, 1.165) is 33.8 Å². The second-order valence-electron chi connectivity index (χ2n) is 7.43. The fourth-order valence-electron chi connectivity index (χ4n) is 3.66. The minimum atomic E-state index is 0.00160. The molecule has 3 aromatic rings. The van der Waals surface area contributed by atoms with E-state index in [1.807, 2.05) is 53.7 Å². The van der Waals surface area contributed by atoms with Crippen LogP contribution >= 0.6 is 23.1 Å². The lowest BCUT2D eigenvalue weighted by molar-refractivity contribution is -0.131. The van der Waals surface area contributed by atoms with Crippen LogP contribution in [0.1, 0.15) is 28.1 Å². The molecule has 31 heavy (non-hydrogen) atoms. The maximum atomic E-state index is 12.6. The van der Waals surface area contributed by atoms with E-state index in [4.69, 9.17) is 0 Å². The number of nitrogens with one attached hydrogen (secondary N) is 1. The lowest BCUT2D eigenvalue weighted by Gasteiger charge is -2.30. The second kappa shape index (κ2) is 10.1. The van der Waals surface area contributed by atoms with Gasteiger partial charge in [-0.25, -0.2) is 4.98 Å². The van der Waals surface area contributed by atoms with Crippen LogP contribution in [0.5, 0.6) is 0 Å². The summed E-state index contributed by atoms with van der Waals surface area (Å²) >= 11 is 3.03. The van der Waals surface area contributed by atoms with Crippen molar-refractivity contribution in [1.29, 1.82) is 0 Å². The highest BCUT2D eigenvalue weighted by Gasteiger charge is 2.24. The summed E-state index contributed by atoms with van der Waals surface area (Å²) in [6.45, 7) is 3.66. The molecule has 0 radical (unpaired) electrons. The molecule has 0 spiro atoms. The number of hydrogen-bond acceptors (Lipinski definition) is 6. The molecule has 1 aliphatic rings. The Morgan fingerprint density at radius 1 is 1.23 bits per heavy atom. The topological polar surface area (TPSA) is 75.2 Å². The average molecular weight is 453 g/mol. The molecule has 0 atom stereocenters. The highest BCUT2D eigenvalue weighted by Crippen LogP contribution is 2.24. The summed E-state index contributed by atoms with van der Waals surface area (Å²) in [5.41, 5.74) is 6.84. The number of carbonyl (C=O) groups excluding carboxylic acids is 2. The Kier molecular flexibility index (Phi) is 6.99. The predicted octanol–water partition coefficient (Wildman–Crippen LogP) is 3.38. The molecule has 1 aliphatic heterocycles. The van der Waals surface area contributed by atoms with Crippen LogP contribution < -0.4 is 5.32 Å². The first-order valence-corrected chi connectivity index (χ1v) is 12.1. The molecular formula is C23H24N4O2S2. The van der Waals surface area contributed by atoms with Crippen LogP contribution in [-0.2, 0) is 35.5 Å². The molecule has 6 nitrogen and oxygen atoms in total. The van der Waals surface area contributed by atoms with E-state index in [9.17, 15) is 9.59 Å². The standard InChI is InChI=1S/C23H24N4O2S2/c1-16-21(11-25-22(28)14-31-19-5-3-2-4-6-19)20-7-8-27(12-17(20)10-24-16)23(29)9-18-13-30-15-26-18/h2-6,10,13,15H,7-9,11-12,14H2,1H3,(H,25,28). The lowest BCUT2D eigenvalue weighted by atomic mass is 9.94. The summed E-state index contributed by atoms with van der Waals surface area (Å²) in [6.07, 6.45) is 2.97. The molecule has 0 aliphatic carbocycles. The monoisotopic (exact) mass is 452 g/mol. The van der Waals surface area contributed by atoms with E-state index in [1.165, 1.54) is 28.7 Å². The van der Waals surface area contributed by atoms with Gasteiger partial charge in [-0.15, -0.1) is 23.1 Å². The number of nitrogens with zero attached hydrogens (tertiary/aromatic N) is 3. The number of fused-ring (bicyclic) bond motifs is 1. The first-order valence-electron chi connectivity index (χ1n) is 10.2. The van der Waals surface area contributed by atoms with Crippen molar-refractivity contribution in [2.24, 2.45) is 0 Å². The Morgan fingerprint density at radius 3 is 2.84 bits per heavy atom. The lowest BCUT2D eigenvalue weighted by Crippen LogP contribution is -2.38. The predicted molar refractivity (Wildman–Crippen MR) is 123 cm³/mol. The van der Waals surface area contributed by atoms with Crippen LogP contribution in [0.3, 0.4) is 0 Å². The molecule has 0 unspecified atom stereocenters. The van der Waals surface area contributed by atoms with E-state index in [0.29, 0.717) is 31.8 Å². The smallest absolute Gasteiger partial charge is 0.230 e. The van der Waals surface area contributed by atoms with Gasteiger partial charge in [0.15, 0.2) is 0 Å².